The molecule has 5 rings (SSSR count). The Morgan fingerprint density at radius 2 is 1.25 bits per heavy atom. The third kappa shape index (κ3) is 2.80. The Kier molecular flexibility index (Phi) is 4.20. The number of phenols is 2. The summed E-state index contributed by atoms with van der Waals surface area (Å²) in [5.41, 5.74) is 2.81. The molecule has 2 nitrogen and oxygen atoms in total. The lowest BCUT2D eigenvalue weighted by Crippen LogP contribution is -2.04. The smallest absolute Gasteiger partial charge is 0.124 e. The summed E-state index contributed by atoms with van der Waals surface area (Å²) >= 11 is 0. The zero-order chi connectivity index (χ0) is 19.1. The molecule has 0 atom stereocenters. The summed E-state index contributed by atoms with van der Waals surface area (Å²) in [6, 6.07) is 22.0. The van der Waals surface area contributed by atoms with Gasteiger partial charge >= 0.3 is 0 Å². The topological polar surface area (TPSA) is 40.5 Å². The van der Waals surface area contributed by atoms with Crippen molar-refractivity contribution in [1.82, 2.24) is 0 Å². The fraction of sp³-hybridized carbons (Fsp3) is 0.231. The highest BCUT2D eigenvalue weighted by atomic mass is 16.3. The molecule has 1 saturated carbocycles. The maximum atomic E-state index is 10.8. The first kappa shape index (κ1) is 17.1. The molecule has 4 aromatic carbocycles. The van der Waals surface area contributed by atoms with Crippen LogP contribution in [-0.4, -0.2) is 10.2 Å². The average molecular weight is 368 g/mol. The van der Waals surface area contributed by atoms with Gasteiger partial charge in [0.05, 0.1) is 0 Å². The van der Waals surface area contributed by atoms with Gasteiger partial charge in [-0.3, -0.25) is 0 Å². The molecule has 0 bridgehead atoms. The van der Waals surface area contributed by atoms with E-state index < -0.39 is 0 Å². The highest BCUT2D eigenvalue weighted by Crippen LogP contribution is 2.45. The first-order chi connectivity index (χ1) is 13.7. The van der Waals surface area contributed by atoms with Gasteiger partial charge in [-0.1, -0.05) is 73.9 Å². The van der Waals surface area contributed by atoms with Gasteiger partial charge in [0.15, 0.2) is 0 Å². The third-order valence-corrected chi connectivity index (χ3v) is 6.26. The van der Waals surface area contributed by atoms with Gasteiger partial charge < -0.3 is 10.2 Å². The molecule has 0 heterocycles. The first-order valence-corrected chi connectivity index (χ1v) is 10.2. The van der Waals surface area contributed by atoms with Crippen LogP contribution in [0.15, 0.2) is 66.7 Å². The molecule has 1 aliphatic rings. The Hall–Kier alpha value is -3.00. The van der Waals surface area contributed by atoms with Crippen molar-refractivity contribution in [1.29, 1.82) is 0 Å². The van der Waals surface area contributed by atoms with E-state index >= 15 is 0 Å². The summed E-state index contributed by atoms with van der Waals surface area (Å²) in [7, 11) is 0. The van der Waals surface area contributed by atoms with E-state index in [0.29, 0.717) is 17.0 Å². The number of hydrogen-bond donors (Lipinski definition) is 2. The molecule has 0 radical (unpaired) electrons. The summed E-state index contributed by atoms with van der Waals surface area (Å²) in [6.45, 7) is 0. The van der Waals surface area contributed by atoms with Crippen LogP contribution in [0, 0.1) is 0 Å². The standard InChI is InChI=1S/C26H24O2/c27-23-14-11-18-8-4-5-9-21(18)25(23)26-22-13-10-19(17-6-2-1-3-7-17)16-20(22)12-15-24(26)28/h4-5,8-17,27-28H,1-3,6-7H2. The molecule has 0 aromatic heterocycles. The van der Waals surface area contributed by atoms with Gasteiger partial charge in [0.2, 0.25) is 0 Å². The number of hydrogen-bond acceptors (Lipinski definition) is 2. The monoisotopic (exact) mass is 368 g/mol. The zero-order valence-electron chi connectivity index (χ0n) is 15.9. The van der Waals surface area contributed by atoms with Crippen LogP contribution in [0.5, 0.6) is 11.5 Å². The molecular formula is C26H24O2. The second kappa shape index (κ2) is 6.87. The Labute approximate surface area is 165 Å². The molecule has 0 spiro atoms. The van der Waals surface area contributed by atoms with Crippen LogP contribution in [0.25, 0.3) is 32.7 Å². The summed E-state index contributed by atoms with van der Waals surface area (Å²) in [4.78, 5) is 0. The molecule has 2 N–H and O–H groups in total. The SMILES string of the molecule is Oc1ccc2ccccc2c1-c1c(O)ccc2cc(C3CCCCC3)ccc12. The van der Waals surface area contributed by atoms with Crippen molar-refractivity contribution < 1.29 is 10.2 Å². The number of aromatic hydroxyl groups is 2. The number of benzene rings is 4. The van der Waals surface area contributed by atoms with Crippen molar-refractivity contribution in [3.63, 3.8) is 0 Å². The largest absolute Gasteiger partial charge is 0.507 e. The van der Waals surface area contributed by atoms with Gasteiger partial charge in [-0.2, -0.15) is 0 Å². The minimum Gasteiger partial charge on any atom is -0.507 e. The maximum Gasteiger partial charge on any atom is 0.124 e. The predicted octanol–water partition coefficient (Wildman–Crippen LogP) is 7.12. The minimum atomic E-state index is 0.192. The van der Waals surface area contributed by atoms with Crippen molar-refractivity contribution in [2.45, 2.75) is 38.0 Å². The van der Waals surface area contributed by atoms with Crippen molar-refractivity contribution in [2.24, 2.45) is 0 Å². The van der Waals surface area contributed by atoms with E-state index in [4.69, 9.17) is 0 Å². The molecule has 0 aliphatic heterocycles. The molecule has 140 valence electrons. The van der Waals surface area contributed by atoms with E-state index in [9.17, 15) is 10.2 Å². The van der Waals surface area contributed by atoms with Gasteiger partial charge in [0.25, 0.3) is 0 Å². The molecule has 0 saturated heterocycles. The van der Waals surface area contributed by atoms with Crippen molar-refractivity contribution in [3.8, 4) is 22.6 Å². The molecule has 28 heavy (non-hydrogen) atoms. The molecule has 0 unspecified atom stereocenters. The average Bonchev–Trinajstić information content (AvgIpc) is 2.75. The second-order valence-corrected chi connectivity index (χ2v) is 7.96. The Morgan fingerprint density at radius 3 is 2.00 bits per heavy atom. The van der Waals surface area contributed by atoms with Gasteiger partial charge in [0.1, 0.15) is 11.5 Å². The molecule has 0 amide bonds. The summed E-state index contributed by atoms with van der Waals surface area (Å²) in [5.74, 6) is 1.03. The zero-order valence-corrected chi connectivity index (χ0v) is 15.9. The van der Waals surface area contributed by atoms with Crippen molar-refractivity contribution in [2.75, 3.05) is 0 Å². The fourth-order valence-corrected chi connectivity index (χ4v) is 4.81. The van der Waals surface area contributed by atoms with Crippen LogP contribution in [-0.2, 0) is 0 Å². The van der Waals surface area contributed by atoms with Gasteiger partial charge in [-0.05, 0) is 58.0 Å². The molecule has 1 fully saturated rings. The van der Waals surface area contributed by atoms with Crippen molar-refractivity contribution >= 4 is 21.5 Å². The Balaban J connectivity index is 1.74. The van der Waals surface area contributed by atoms with Crippen LogP contribution in [0.4, 0.5) is 0 Å². The summed E-state index contributed by atoms with van der Waals surface area (Å²) in [6.07, 6.45) is 6.50. The van der Waals surface area contributed by atoms with Crippen LogP contribution >= 0.6 is 0 Å². The van der Waals surface area contributed by atoms with E-state index in [1.165, 1.54) is 37.7 Å². The first-order valence-electron chi connectivity index (χ1n) is 10.2. The minimum absolute atomic E-state index is 0.192. The van der Waals surface area contributed by atoms with E-state index in [2.05, 4.69) is 18.2 Å². The Bertz CT molecular complexity index is 1170. The van der Waals surface area contributed by atoms with Crippen LogP contribution in [0.1, 0.15) is 43.6 Å². The van der Waals surface area contributed by atoms with Crippen molar-refractivity contribution in [3.05, 3.63) is 72.3 Å². The van der Waals surface area contributed by atoms with E-state index in [0.717, 1.165) is 21.5 Å². The predicted molar refractivity (Wildman–Crippen MR) is 116 cm³/mol. The fourth-order valence-electron chi connectivity index (χ4n) is 4.81. The normalized spacial score (nSPS) is 15.3. The summed E-state index contributed by atoms with van der Waals surface area (Å²) < 4.78 is 0. The lowest BCUT2D eigenvalue weighted by atomic mass is 9.83. The van der Waals surface area contributed by atoms with Crippen LogP contribution in [0.3, 0.4) is 0 Å². The van der Waals surface area contributed by atoms with Gasteiger partial charge in [-0.15, -0.1) is 0 Å². The molecular weight excluding hydrogens is 344 g/mol. The van der Waals surface area contributed by atoms with Gasteiger partial charge in [-0.25, -0.2) is 0 Å². The Morgan fingerprint density at radius 1 is 0.607 bits per heavy atom. The molecule has 1 aliphatic carbocycles. The van der Waals surface area contributed by atoms with E-state index in [-0.39, 0.29) is 11.5 Å². The lowest BCUT2D eigenvalue weighted by molar-refractivity contribution is 0.444. The maximum absolute atomic E-state index is 10.8. The molecule has 2 heteroatoms. The van der Waals surface area contributed by atoms with E-state index in [1.54, 1.807) is 12.1 Å². The van der Waals surface area contributed by atoms with Gasteiger partial charge in [0, 0.05) is 11.1 Å². The number of phenolic OH excluding ortho intramolecular Hbond substituents is 2. The van der Waals surface area contributed by atoms with E-state index in [1.807, 2.05) is 36.4 Å². The summed E-state index contributed by atoms with van der Waals surface area (Å²) in [5, 5.41) is 25.5. The number of rotatable bonds is 2. The highest BCUT2D eigenvalue weighted by molar-refractivity contribution is 6.09. The highest BCUT2D eigenvalue weighted by Gasteiger charge is 2.19. The van der Waals surface area contributed by atoms with Crippen LogP contribution < -0.4 is 0 Å². The third-order valence-electron chi connectivity index (χ3n) is 6.26. The van der Waals surface area contributed by atoms with Crippen LogP contribution in [0.2, 0.25) is 0 Å². The second-order valence-electron chi connectivity index (χ2n) is 7.96. The quantitative estimate of drug-likeness (QED) is 0.395. The lowest BCUT2D eigenvalue weighted by Gasteiger charge is -2.22. The number of fused-ring (bicyclic) bond motifs is 2. The molecule has 4 aromatic rings.